The summed E-state index contributed by atoms with van der Waals surface area (Å²) >= 11 is 0. The number of hydrogen-bond donors (Lipinski definition) is 2. The molecule has 1 saturated heterocycles. The Balaban J connectivity index is 1.82. The number of amides is 1. The van der Waals surface area contributed by atoms with Gasteiger partial charge in [-0.1, -0.05) is 46.1 Å². The van der Waals surface area contributed by atoms with E-state index < -0.39 is 27.1 Å². The first-order chi connectivity index (χ1) is 17.6. The highest BCUT2D eigenvalue weighted by atomic mass is 32.2. The fourth-order valence-electron chi connectivity index (χ4n) is 5.72. The number of aliphatic hydroxyl groups is 1. The SMILES string of the molecule is Cc1c(C(=O)N2CC(O)C2)cc(-c2ccc(S(=O)(=O)NC(C)(C)C)c(C(C)(C)C)c2)n1CC1CCCCC1. The van der Waals surface area contributed by atoms with Gasteiger partial charge < -0.3 is 14.6 Å². The number of benzene rings is 1. The Morgan fingerprint density at radius 2 is 1.66 bits per heavy atom. The normalized spacial score (nSPS) is 18.1. The van der Waals surface area contributed by atoms with Crippen LogP contribution in [0.1, 0.15) is 95.3 Å². The minimum atomic E-state index is -3.73. The summed E-state index contributed by atoms with van der Waals surface area (Å²) in [6.07, 6.45) is 5.66. The van der Waals surface area contributed by atoms with Crippen LogP contribution in [0.3, 0.4) is 0 Å². The van der Waals surface area contributed by atoms with E-state index in [0.717, 1.165) is 29.1 Å². The number of sulfonamides is 1. The Morgan fingerprint density at radius 3 is 2.21 bits per heavy atom. The molecule has 0 unspecified atom stereocenters. The van der Waals surface area contributed by atoms with E-state index in [1.165, 1.54) is 32.1 Å². The van der Waals surface area contributed by atoms with Gasteiger partial charge in [-0.2, -0.15) is 0 Å². The molecule has 2 aromatic rings. The second-order valence-corrected chi connectivity index (χ2v) is 15.0. The predicted octanol–water partition coefficient (Wildman–Crippen LogP) is 5.23. The molecule has 1 aliphatic carbocycles. The average molecular weight is 544 g/mol. The molecule has 2 N–H and O–H groups in total. The van der Waals surface area contributed by atoms with Crippen molar-refractivity contribution >= 4 is 15.9 Å². The fourth-order valence-corrected chi connectivity index (χ4v) is 7.54. The zero-order valence-corrected chi connectivity index (χ0v) is 24.9. The molecule has 7 nitrogen and oxygen atoms in total. The van der Waals surface area contributed by atoms with Crippen molar-refractivity contribution in [3.05, 3.63) is 41.1 Å². The molecule has 0 atom stereocenters. The molecule has 210 valence electrons. The van der Waals surface area contributed by atoms with Gasteiger partial charge in [0.1, 0.15) is 0 Å². The van der Waals surface area contributed by atoms with E-state index in [1.54, 1.807) is 11.0 Å². The Bertz CT molecular complexity index is 1290. The lowest BCUT2D eigenvalue weighted by Gasteiger charge is -2.35. The molecule has 38 heavy (non-hydrogen) atoms. The average Bonchev–Trinajstić information content (AvgIpc) is 3.10. The first kappa shape index (κ1) is 28.8. The van der Waals surface area contributed by atoms with Crippen molar-refractivity contribution in [3.63, 3.8) is 0 Å². The molecule has 2 aliphatic rings. The third kappa shape index (κ3) is 6.18. The number of β-amino-alcohol motifs (C(OH)–C–C–N with tert-alkyl or cyclic N) is 1. The molecule has 1 aromatic carbocycles. The Morgan fingerprint density at radius 1 is 1.03 bits per heavy atom. The van der Waals surface area contributed by atoms with Gasteiger partial charge in [0.25, 0.3) is 5.91 Å². The molecule has 2 fully saturated rings. The van der Waals surface area contributed by atoms with E-state index in [4.69, 9.17) is 0 Å². The summed E-state index contributed by atoms with van der Waals surface area (Å²) in [5, 5.41) is 9.75. The molecule has 1 saturated carbocycles. The van der Waals surface area contributed by atoms with Crippen LogP contribution in [0.2, 0.25) is 0 Å². The number of hydrogen-bond acceptors (Lipinski definition) is 4. The van der Waals surface area contributed by atoms with Crippen LogP contribution < -0.4 is 4.72 Å². The van der Waals surface area contributed by atoms with Crippen molar-refractivity contribution in [2.75, 3.05) is 13.1 Å². The second-order valence-electron chi connectivity index (χ2n) is 13.3. The van der Waals surface area contributed by atoms with Gasteiger partial charge in [-0.05, 0) is 81.2 Å². The molecule has 0 spiro atoms. The predicted molar refractivity (Wildman–Crippen MR) is 152 cm³/mol. The molecular weight excluding hydrogens is 498 g/mol. The van der Waals surface area contributed by atoms with Gasteiger partial charge in [0.2, 0.25) is 10.0 Å². The number of rotatable bonds is 6. The number of carbonyl (C=O) groups excluding carboxylic acids is 1. The summed E-state index contributed by atoms with van der Waals surface area (Å²) in [7, 11) is -3.73. The van der Waals surface area contributed by atoms with Crippen LogP contribution >= 0.6 is 0 Å². The van der Waals surface area contributed by atoms with Gasteiger partial charge in [-0.15, -0.1) is 0 Å². The topological polar surface area (TPSA) is 91.6 Å². The van der Waals surface area contributed by atoms with E-state index in [1.807, 2.05) is 66.7 Å². The Labute approximate surface area is 228 Å². The molecule has 8 heteroatoms. The van der Waals surface area contributed by atoms with Crippen LogP contribution in [0.4, 0.5) is 0 Å². The highest BCUT2D eigenvalue weighted by Gasteiger charge is 2.33. The quantitative estimate of drug-likeness (QED) is 0.522. The first-order valence-electron chi connectivity index (χ1n) is 13.9. The maximum atomic E-state index is 13.4. The third-order valence-electron chi connectivity index (χ3n) is 7.73. The van der Waals surface area contributed by atoms with Crippen LogP contribution in [0, 0.1) is 12.8 Å². The van der Waals surface area contributed by atoms with Gasteiger partial charge in [0.15, 0.2) is 0 Å². The number of nitrogens with one attached hydrogen (secondary N) is 1. The summed E-state index contributed by atoms with van der Waals surface area (Å²) in [6.45, 7) is 15.2. The van der Waals surface area contributed by atoms with E-state index >= 15 is 0 Å². The number of nitrogens with zero attached hydrogens (tertiary/aromatic N) is 2. The van der Waals surface area contributed by atoms with Crippen LogP contribution in [0.5, 0.6) is 0 Å². The van der Waals surface area contributed by atoms with Crippen LogP contribution in [0.15, 0.2) is 29.2 Å². The van der Waals surface area contributed by atoms with E-state index in [-0.39, 0.29) is 10.8 Å². The fraction of sp³-hybridized carbons (Fsp3) is 0.633. The maximum Gasteiger partial charge on any atom is 0.255 e. The van der Waals surface area contributed by atoms with Gasteiger partial charge in [-0.25, -0.2) is 13.1 Å². The first-order valence-corrected chi connectivity index (χ1v) is 15.4. The standard InChI is InChI=1S/C30H45N3O4S/c1-20-24(28(35)32-18-23(34)19-32)16-26(33(20)17-21-11-9-8-10-12-21)22-13-14-27(25(15-22)29(2,3)4)38(36,37)31-30(5,6)7/h13-16,21,23,31,34H,8-12,17-19H2,1-7H3. The molecule has 2 heterocycles. The summed E-state index contributed by atoms with van der Waals surface area (Å²) in [6, 6.07) is 7.55. The molecule has 0 bridgehead atoms. The number of aromatic nitrogens is 1. The van der Waals surface area contributed by atoms with Crippen LogP contribution in [0.25, 0.3) is 11.3 Å². The smallest absolute Gasteiger partial charge is 0.255 e. The summed E-state index contributed by atoms with van der Waals surface area (Å²) in [5.41, 5.74) is 3.17. The largest absolute Gasteiger partial charge is 0.389 e. The molecular formula is C30H45N3O4S. The van der Waals surface area contributed by atoms with Gasteiger partial charge >= 0.3 is 0 Å². The van der Waals surface area contributed by atoms with Crippen molar-refractivity contribution in [2.45, 2.75) is 109 Å². The zero-order chi connectivity index (χ0) is 28.0. The lowest BCUT2D eigenvalue weighted by molar-refractivity contribution is 0.00583. The maximum absolute atomic E-state index is 13.4. The van der Waals surface area contributed by atoms with E-state index in [9.17, 15) is 18.3 Å². The van der Waals surface area contributed by atoms with Gasteiger partial charge in [0.05, 0.1) is 16.6 Å². The van der Waals surface area contributed by atoms with Crippen molar-refractivity contribution in [2.24, 2.45) is 5.92 Å². The monoisotopic (exact) mass is 543 g/mol. The molecule has 4 rings (SSSR count). The van der Waals surface area contributed by atoms with Crippen molar-refractivity contribution in [3.8, 4) is 11.3 Å². The molecule has 1 amide bonds. The Kier molecular flexibility index (Phi) is 7.92. The van der Waals surface area contributed by atoms with Gasteiger partial charge in [0, 0.05) is 36.6 Å². The van der Waals surface area contributed by atoms with Crippen molar-refractivity contribution in [1.29, 1.82) is 0 Å². The highest BCUT2D eigenvalue weighted by molar-refractivity contribution is 7.89. The summed E-state index contributed by atoms with van der Waals surface area (Å²) in [5.74, 6) is 0.501. The lowest BCUT2D eigenvalue weighted by Crippen LogP contribution is -2.53. The third-order valence-corrected chi connectivity index (χ3v) is 9.54. The van der Waals surface area contributed by atoms with Crippen molar-refractivity contribution in [1.82, 2.24) is 14.2 Å². The zero-order valence-electron chi connectivity index (χ0n) is 24.1. The summed E-state index contributed by atoms with van der Waals surface area (Å²) < 4.78 is 31.9. The van der Waals surface area contributed by atoms with E-state index in [2.05, 4.69) is 9.29 Å². The number of aliphatic hydroxyl groups excluding tert-OH is 1. The van der Waals surface area contributed by atoms with Gasteiger partial charge in [-0.3, -0.25) is 4.79 Å². The number of carbonyl (C=O) groups is 1. The second kappa shape index (κ2) is 10.4. The molecule has 1 aromatic heterocycles. The van der Waals surface area contributed by atoms with E-state index in [0.29, 0.717) is 24.6 Å². The summed E-state index contributed by atoms with van der Waals surface area (Å²) in [4.78, 5) is 15.3. The highest BCUT2D eigenvalue weighted by Crippen LogP contribution is 2.37. The number of likely N-dealkylation sites (tertiary alicyclic amines) is 1. The molecule has 1 aliphatic heterocycles. The van der Waals surface area contributed by atoms with Crippen molar-refractivity contribution < 1.29 is 18.3 Å². The van der Waals surface area contributed by atoms with Crippen LogP contribution in [-0.2, 0) is 22.0 Å². The lowest BCUT2D eigenvalue weighted by atomic mass is 9.85. The minimum Gasteiger partial charge on any atom is -0.389 e. The van der Waals surface area contributed by atoms with Crippen LogP contribution in [-0.4, -0.2) is 53.6 Å². The minimum absolute atomic E-state index is 0.0546. The Hall–Kier alpha value is -2.16. The molecule has 0 radical (unpaired) electrons.